The summed E-state index contributed by atoms with van der Waals surface area (Å²) in [5, 5.41) is 27.4. The van der Waals surface area contributed by atoms with Crippen molar-refractivity contribution in [2.75, 3.05) is 45.8 Å². The van der Waals surface area contributed by atoms with Gasteiger partial charge in [-0.25, -0.2) is 13.6 Å². The van der Waals surface area contributed by atoms with Crippen molar-refractivity contribution in [2.45, 2.75) is 44.4 Å². The van der Waals surface area contributed by atoms with E-state index in [0.29, 0.717) is 19.6 Å². The van der Waals surface area contributed by atoms with E-state index in [1.54, 1.807) is 26.0 Å². The highest BCUT2D eigenvalue weighted by atomic mass is 32.2. The lowest BCUT2D eigenvalue weighted by Crippen LogP contribution is -2.42. The van der Waals surface area contributed by atoms with Gasteiger partial charge in [0.1, 0.15) is 0 Å². The number of nitrogens with one attached hydrogen (secondary N) is 1. The Morgan fingerprint density at radius 2 is 1.64 bits per heavy atom. The molecule has 0 bridgehead atoms. The molecule has 8 nitrogen and oxygen atoms in total. The van der Waals surface area contributed by atoms with Crippen molar-refractivity contribution in [1.29, 1.82) is 0 Å². The fourth-order valence-corrected chi connectivity index (χ4v) is 3.41. The second-order valence-corrected chi connectivity index (χ2v) is 8.82. The average molecular weight is 417 g/mol. The molecule has 162 valence electrons. The molecule has 0 fully saturated rings. The van der Waals surface area contributed by atoms with Crippen molar-refractivity contribution < 1.29 is 18.6 Å². The molecule has 0 aliphatic carbocycles. The molecule has 5 N–H and O–H groups in total. The lowest BCUT2D eigenvalue weighted by atomic mass is 10.2. The van der Waals surface area contributed by atoms with Gasteiger partial charge in [-0.2, -0.15) is 0 Å². The van der Waals surface area contributed by atoms with E-state index in [2.05, 4.69) is 22.0 Å². The van der Waals surface area contributed by atoms with Crippen LogP contribution in [-0.4, -0.2) is 86.5 Å². The van der Waals surface area contributed by atoms with Gasteiger partial charge in [0.2, 0.25) is 10.0 Å². The predicted octanol–water partition coefficient (Wildman–Crippen LogP) is -0.191. The predicted molar refractivity (Wildman–Crippen MR) is 111 cm³/mol. The molecule has 0 radical (unpaired) electrons. The first-order valence-electron chi connectivity index (χ1n) is 9.75. The SMILES string of the molecule is CCN(CCN(CCNC[C@H](C)O)C[C@H](C)O)Cc1ccc(S(N)(=O)=O)cc1. The molecule has 28 heavy (non-hydrogen) atoms. The van der Waals surface area contributed by atoms with E-state index in [1.165, 1.54) is 12.1 Å². The molecule has 1 aromatic rings. The Hall–Kier alpha value is -1.07. The number of nitrogens with two attached hydrogens (primary N) is 1. The number of benzene rings is 1. The fraction of sp³-hybridized carbons (Fsp3) is 0.684. The van der Waals surface area contributed by atoms with Crippen LogP contribution >= 0.6 is 0 Å². The summed E-state index contributed by atoms with van der Waals surface area (Å²) >= 11 is 0. The van der Waals surface area contributed by atoms with Gasteiger partial charge in [-0.1, -0.05) is 19.1 Å². The van der Waals surface area contributed by atoms with Crippen LogP contribution < -0.4 is 10.5 Å². The van der Waals surface area contributed by atoms with Crippen LogP contribution in [0.1, 0.15) is 26.3 Å². The zero-order chi connectivity index (χ0) is 21.2. The summed E-state index contributed by atoms with van der Waals surface area (Å²) in [5.41, 5.74) is 1.02. The average Bonchev–Trinajstić information content (AvgIpc) is 2.60. The van der Waals surface area contributed by atoms with Gasteiger partial charge in [0.15, 0.2) is 0 Å². The first-order chi connectivity index (χ1) is 13.1. The number of sulfonamides is 1. The summed E-state index contributed by atoms with van der Waals surface area (Å²) in [5.74, 6) is 0. The van der Waals surface area contributed by atoms with Crippen molar-refractivity contribution in [1.82, 2.24) is 15.1 Å². The monoisotopic (exact) mass is 416 g/mol. The van der Waals surface area contributed by atoms with Crippen molar-refractivity contribution in [3.8, 4) is 0 Å². The van der Waals surface area contributed by atoms with Gasteiger partial charge in [-0.05, 0) is 38.1 Å². The molecule has 0 unspecified atom stereocenters. The number of rotatable bonds is 14. The molecule has 0 spiro atoms. The lowest BCUT2D eigenvalue weighted by Gasteiger charge is -2.28. The van der Waals surface area contributed by atoms with Gasteiger partial charge in [0, 0.05) is 45.8 Å². The van der Waals surface area contributed by atoms with Crippen molar-refractivity contribution in [2.24, 2.45) is 5.14 Å². The number of nitrogens with zero attached hydrogens (tertiary/aromatic N) is 2. The van der Waals surface area contributed by atoms with Crippen LogP contribution in [0.3, 0.4) is 0 Å². The van der Waals surface area contributed by atoms with Gasteiger partial charge >= 0.3 is 0 Å². The summed E-state index contributed by atoms with van der Waals surface area (Å²) < 4.78 is 22.7. The Kier molecular flexibility index (Phi) is 11.1. The van der Waals surface area contributed by atoms with Crippen LogP contribution in [0.25, 0.3) is 0 Å². The highest BCUT2D eigenvalue weighted by molar-refractivity contribution is 7.89. The molecule has 0 aromatic heterocycles. The molecule has 0 amide bonds. The lowest BCUT2D eigenvalue weighted by molar-refractivity contribution is 0.114. The largest absolute Gasteiger partial charge is 0.392 e. The number of primary sulfonamides is 1. The van der Waals surface area contributed by atoms with Crippen LogP contribution in [0.2, 0.25) is 0 Å². The minimum absolute atomic E-state index is 0.118. The number of aliphatic hydroxyl groups is 2. The van der Waals surface area contributed by atoms with Crippen LogP contribution in [0, 0.1) is 0 Å². The number of hydrogen-bond donors (Lipinski definition) is 4. The zero-order valence-corrected chi connectivity index (χ0v) is 18.0. The molecule has 2 atom stereocenters. The third kappa shape index (κ3) is 10.5. The molecule has 0 saturated heterocycles. The Morgan fingerprint density at radius 3 is 2.14 bits per heavy atom. The minimum Gasteiger partial charge on any atom is -0.392 e. The van der Waals surface area contributed by atoms with Crippen molar-refractivity contribution in [3.63, 3.8) is 0 Å². The molecule has 0 aliphatic heterocycles. The smallest absolute Gasteiger partial charge is 0.238 e. The third-order valence-corrected chi connectivity index (χ3v) is 5.33. The summed E-state index contributed by atoms with van der Waals surface area (Å²) in [7, 11) is -3.67. The van der Waals surface area contributed by atoms with Gasteiger partial charge in [0.25, 0.3) is 0 Å². The van der Waals surface area contributed by atoms with Gasteiger partial charge in [-0.15, -0.1) is 0 Å². The maximum atomic E-state index is 11.4. The fourth-order valence-electron chi connectivity index (χ4n) is 2.89. The second kappa shape index (κ2) is 12.5. The maximum absolute atomic E-state index is 11.4. The first-order valence-corrected chi connectivity index (χ1v) is 11.3. The van der Waals surface area contributed by atoms with Crippen LogP contribution in [-0.2, 0) is 16.6 Å². The van der Waals surface area contributed by atoms with Crippen molar-refractivity contribution in [3.05, 3.63) is 29.8 Å². The van der Waals surface area contributed by atoms with Crippen LogP contribution in [0.15, 0.2) is 29.2 Å². The molecule has 0 heterocycles. The summed E-state index contributed by atoms with van der Waals surface area (Å²) in [6.45, 7) is 11.5. The Balaban J connectivity index is 2.55. The Morgan fingerprint density at radius 1 is 1.04 bits per heavy atom. The Bertz CT molecular complexity index is 650. The standard InChI is InChI=1S/C19H36N4O4S/c1-4-22(15-18-5-7-19(8-6-18)28(20,26)27)11-12-23(14-17(3)25)10-9-21-13-16(2)24/h5-8,16-17,21,24-25H,4,9-15H2,1-3H3,(H2,20,26,27)/t16-,17-/m0/s1. The topological polar surface area (TPSA) is 119 Å². The van der Waals surface area contributed by atoms with E-state index in [4.69, 9.17) is 5.14 Å². The number of hydrogen-bond acceptors (Lipinski definition) is 7. The van der Waals surface area contributed by atoms with Crippen LogP contribution in [0.5, 0.6) is 0 Å². The number of aliphatic hydroxyl groups excluding tert-OH is 2. The molecule has 0 saturated carbocycles. The van der Waals surface area contributed by atoms with E-state index in [0.717, 1.165) is 38.3 Å². The minimum atomic E-state index is -3.67. The van der Waals surface area contributed by atoms with E-state index >= 15 is 0 Å². The third-order valence-electron chi connectivity index (χ3n) is 4.40. The second-order valence-electron chi connectivity index (χ2n) is 7.26. The molecule has 1 rings (SSSR count). The molecule has 1 aromatic carbocycles. The number of likely N-dealkylation sites (N-methyl/N-ethyl adjacent to an activating group) is 1. The summed E-state index contributed by atoms with van der Waals surface area (Å²) in [6.07, 6.45) is -0.779. The highest BCUT2D eigenvalue weighted by Crippen LogP contribution is 2.11. The first kappa shape index (κ1) is 25.0. The molecule has 0 aliphatic rings. The van der Waals surface area contributed by atoms with Crippen LogP contribution in [0.4, 0.5) is 0 Å². The van der Waals surface area contributed by atoms with Crippen molar-refractivity contribution >= 4 is 10.0 Å². The quantitative estimate of drug-likeness (QED) is 0.310. The highest BCUT2D eigenvalue weighted by Gasteiger charge is 2.12. The maximum Gasteiger partial charge on any atom is 0.238 e. The normalized spacial score (nSPS) is 14.6. The van der Waals surface area contributed by atoms with Gasteiger partial charge < -0.3 is 15.5 Å². The summed E-state index contributed by atoms with van der Waals surface area (Å²) in [6, 6.07) is 6.64. The molecular formula is C19H36N4O4S. The van der Waals surface area contributed by atoms with Gasteiger partial charge in [0.05, 0.1) is 17.1 Å². The van der Waals surface area contributed by atoms with E-state index < -0.39 is 16.1 Å². The van der Waals surface area contributed by atoms with E-state index in [9.17, 15) is 18.6 Å². The Labute approximate surface area is 169 Å². The molecule has 9 heteroatoms. The van der Waals surface area contributed by atoms with E-state index in [-0.39, 0.29) is 11.0 Å². The summed E-state index contributed by atoms with van der Waals surface area (Å²) in [4.78, 5) is 4.59. The zero-order valence-electron chi connectivity index (χ0n) is 17.2. The molecular weight excluding hydrogens is 380 g/mol. The van der Waals surface area contributed by atoms with E-state index in [1.807, 2.05) is 0 Å². The van der Waals surface area contributed by atoms with Gasteiger partial charge in [-0.3, -0.25) is 9.80 Å².